The monoisotopic (exact) mass is 568 g/mol. The highest BCUT2D eigenvalue weighted by Gasteiger charge is 2.48. The number of carbonyl (C=O) groups is 1. The zero-order valence-electron chi connectivity index (χ0n) is 19.3. The van der Waals surface area contributed by atoms with Crippen molar-refractivity contribution in [2.75, 3.05) is 13.1 Å². The molecule has 186 valence electrons. The number of carbonyl (C=O) groups excluding carboxylic acids is 1. The molecule has 1 amide bonds. The second kappa shape index (κ2) is 9.52. The van der Waals surface area contributed by atoms with Crippen LogP contribution in [0.3, 0.4) is 0 Å². The van der Waals surface area contributed by atoms with Crippen LogP contribution in [0.4, 0.5) is 13.6 Å². The molecular formula is C25H24BrClF2N2O4. The number of nitrogens with zero attached hydrogens (tertiary/aromatic N) is 2. The normalized spacial score (nSPS) is 20.7. The molecule has 2 heterocycles. The molecule has 0 radical (unpaired) electrons. The number of benzene rings is 2. The third-order valence-electron chi connectivity index (χ3n) is 5.92. The molecule has 10 heteroatoms. The average molecular weight is 570 g/mol. The van der Waals surface area contributed by atoms with Crippen molar-refractivity contribution in [3.8, 4) is 11.3 Å². The maximum atomic E-state index is 14.1. The van der Waals surface area contributed by atoms with Crippen LogP contribution < -0.4 is 0 Å². The van der Waals surface area contributed by atoms with E-state index in [0.717, 1.165) is 12.1 Å². The quantitative estimate of drug-likeness (QED) is 0.382. The van der Waals surface area contributed by atoms with Gasteiger partial charge in [0.2, 0.25) is 0 Å². The van der Waals surface area contributed by atoms with Gasteiger partial charge in [-0.1, -0.05) is 41.0 Å². The van der Waals surface area contributed by atoms with Gasteiger partial charge in [-0.3, -0.25) is 0 Å². The van der Waals surface area contributed by atoms with Gasteiger partial charge in [0.25, 0.3) is 0 Å². The van der Waals surface area contributed by atoms with Crippen LogP contribution in [0.2, 0.25) is 5.02 Å². The Hall–Kier alpha value is -2.49. The number of amides is 1. The fourth-order valence-electron chi connectivity index (χ4n) is 4.17. The maximum absolute atomic E-state index is 14.1. The Bertz CT molecular complexity index is 1260. The molecule has 1 aliphatic heterocycles. The van der Waals surface area contributed by atoms with Crippen LogP contribution in [0, 0.1) is 11.6 Å². The van der Waals surface area contributed by atoms with Crippen molar-refractivity contribution < 1.29 is 27.9 Å². The van der Waals surface area contributed by atoms with Crippen molar-refractivity contribution >= 4 is 33.6 Å². The molecule has 2 aromatic carbocycles. The Morgan fingerprint density at radius 2 is 1.97 bits per heavy atom. The lowest BCUT2D eigenvalue weighted by atomic mass is 9.74. The van der Waals surface area contributed by atoms with Crippen molar-refractivity contribution in [2.45, 2.75) is 44.3 Å². The minimum Gasteiger partial charge on any atom is -0.444 e. The number of ether oxygens (including phenoxy) is 1. The molecule has 3 aromatic rings. The summed E-state index contributed by atoms with van der Waals surface area (Å²) >= 11 is 9.86. The summed E-state index contributed by atoms with van der Waals surface area (Å²) in [5, 5.41) is 16.5. The number of likely N-dealkylation sites (tertiary alicyclic amines) is 1. The van der Waals surface area contributed by atoms with E-state index in [1.54, 1.807) is 45.0 Å². The summed E-state index contributed by atoms with van der Waals surface area (Å²) in [4.78, 5) is 14.3. The number of hydrogen-bond donors (Lipinski definition) is 1. The SMILES string of the molecule is CC(C)(C)OC(=O)N1CC[C@](O)(c2ccc(F)c(F)c2)[C@@H](c2onc(-c3ccccc3Cl)c2Br)C1. The first-order valence-electron chi connectivity index (χ1n) is 11.0. The van der Waals surface area contributed by atoms with E-state index in [-0.39, 0.29) is 30.8 Å². The summed E-state index contributed by atoms with van der Waals surface area (Å²) in [6, 6.07) is 10.3. The van der Waals surface area contributed by atoms with Crippen molar-refractivity contribution in [2.24, 2.45) is 0 Å². The van der Waals surface area contributed by atoms with Crippen LogP contribution in [0.5, 0.6) is 0 Å². The fraction of sp³-hybridized carbons (Fsp3) is 0.360. The van der Waals surface area contributed by atoms with Crippen molar-refractivity contribution in [3.63, 3.8) is 0 Å². The van der Waals surface area contributed by atoms with Crippen LogP contribution in [0.1, 0.15) is 44.4 Å². The van der Waals surface area contributed by atoms with Gasteiger partial charge in [-0.2, -0.15) is 0 Å². The van der Waals surface area contributed by atoms with E-state index in [2.05, 4.69) is 21.1 Å². The van der Waals surface area contributed by atoms with Crippen LogP contribution in [0.15, 0.2) is 51.5 Å². The van der Waals surface area contributed by atoms with Crippen LogP contribution in [-0.2, 0) is 10.3 Å². The minimum absolute atomic E-state index is 0.0137. The molecule has 1 saturated heterocycles. The number of piperidine rings is 1. The van der Waals surface area contributed by atoms with Gasteiger partial charge in [-0.25, -0.2) is 13.6 Å². The standard InChI is InChI=1S/C25H24BrClF2N2O4/c1-24(2,3)34-23(32)31-11-10-25(33,14-8-9-18(28)19(29)12-14)16(13-31)22-20(26)21(30-35-22)15-6-4-5-7-17(15)27/h4-9,12,16,33H,10-11,13H2,1-3H3/t16-,25+/m1/s1. The first-order valence-corrected chi connectivity index (χ1v) is 12.1. The molecule has 0 bridgehead atoms. The third kappa shape index (κ3) is 5.08. The topological polar surface area (TPSA) is 75.8 Å². The smallest absolute Gasteiger partial charge is 0.410 e. The third-order valence-corrected chi connectivity index (χ3v) is 7.01. The first-order chi connectivity index (χ1) is 16.4. The second-order valence-corrected chi connectivity index (χ2v) is 10.7. The van der Waals surface area contributed by atoms with E-state index >= 15 is 0 Å². The summed E-state index contributed by atoms with van der Waals surface area (Å²) in [6.07, 6.45) is -0.534. The lowest BCUT2D eigenvalue weighted by molar-refractivity contribution is -0.0590. The van der Waals surface area contributed by atoms with E-state index in [4.69, 9.17) is 20.9 Å². The zero-order valence-corrected chi connectivity index (χ0v) is 21.7. The highest BCUT2D eigenvalue weighted by Crippen LogP contribution is 2.48. The van der Waals surface area contributed by atoms with Crippen LogP contribution in [-0.4, -0.2) is 39.9 Å². The Morgan fingerprint density at radius 3 is 2.63 bits per heavy atom. The van der Waals surface area contributed by atoms with Gasteiger partial charge < -0.3 is 19.3 Å². The van der Waals surface area contributed by atoms with Gasteiger partial charge >= 0.3 is 6.09 Å². The largest absolute Gasteiger partial charge is 0.444 e. The molecule has 0 unspecified atom stereocenters. The van der Waals surface area contributed by atoms with E-state index in [0.29, 0.717) is 20.8 Å². The summed E-state index contributed by atoms with van der Waals surface area (Å²) in [5.74, 6) is -2.76. The van der Waals surface area contributed by atoms with Gasteiger partial charge in [0.1, 0.15) is 16.9 Å². The van der Waals surface area contributed by atoms with E-state index in [1.165, 1.54) is 11.0 Å². The molecule has 1 N–H and O–H groups in total. The van der Waals surface area contributed by atoms with Gasteiger partial charge in [-0.15, -0.1) is 0 Å². The number of rotatable bonds is 3. The second-order valence-electron chi connectivity index (χ2n) is 9.47. The van der Waals surface area contributed by atoms with Gasteiger partial charge in [0.15, 0.2) is 17.4 Å². The maximum Gasteiger partial charge on any atom is 0.410 e. The molecule has 0 spiro atoms. The Balaban J connectivity index is 1.79. The molecular weight excluding hydrogens is 546 g/mol. The highest BCUT2D eigenvalue weighted by atomic mass is 79.9. The Labute approximate surface area is 214 Å². The predicted molar refractivity (Wildman–Crippen MR) is 130 cm³/mol. The summed E-state index contributed by atoms with van der Waals surface area (Å²) < 4.78 is 39.4. The van der Waals surface area contributed by atoms with E-state index in [9.17, 15) is 18.7 Å². The number of hydrogen-bond acceptors (Lipinski definition) is 5. The van der Waals surface area contributed by atoms with Crippen molar-refractivity contribution in [1.82, 2.24) is 10.1 Å². The zero-order chi connectivity index (χ0) is 25.5. The van der Waals surface area contributed by atoms with Gasteiger partial charge in [-0.05, 0) is 66.9 Å². The molecule has 1 aliphatic rings. The molecule has 1 fully saturated rings. The van der Waals surface area contributed by atoms with Gasteiger partial charge in [0.05, 0.1) is 15.4 Å². The highest BCUT2D eigenvalue weighted by molar-refractivity contribution is 9.10. The molecule has 1 aromatic heterocycles. The molecule has 6 nitrogen and oxygen atoms in total. The summed E-state index contributed by atoms with van der Waals surface area (Å²) in [5.41, 5.74) is -1.23. The van der Waals surface area contributed by atoms with Crippen molar-refractivity contribution in [1.29, 1.82) is 0 Å². The van der Waals surface area contributed by atoms with E-state index < -0.39 is 34.8 Å². The van der Waals surface area contributed by atoms with E-state index in [1.807, 2.05) is 0 Å². The van der Waals surface area contributed by atoms with Crippen LogP contribution >= 0.6 is 27.5 Å². The summed E-state index contributed by atoms with van der Waals surface area (Å²) in [6.45, 7) is 5.39. The number of aliphatic hydroxyl groups is 1. The molecule has 0 aliphatic carbocycles. The van der Waals surface area contributed by atoms with Gasteiger partial charge in [0, 0.05) is 18.7 Å². The van der Waals surface area contributed by atoms with Crippen LogP contribution in [0.25, 0.3) is 11.3 Å². The molecule has 0 saturated carbocycles. The predicted octanol–water partition coefficient (Wildman–Crippen LogP) is 6.65. The fourth-order valence-corrected chi connectivity index (χ4v) is 5.03. The molecule has 4 rings (SSSR count). The number of aromatic nitrogens is 1. The molecule has 2 atom stereocenters. The average Bonchev–Trinajstić information content (AvgIpc) is 3.15. The summed E-state index contributed by atoms with van der Waals surface area (Å²) in [7, 11) is 0. The Kier molecular flexibility index (Phi) is 6.96. The lowest BCUT2D eigenvalue weighted by Gasteiger charge is -2.44. The lowest BCUT2D eigenvalue weighted by Crippen LogP contribution is -2.51. The molecule has 35 heavy (non-hydrogen) atoms. The number of halogens is 4. The minimum atomic E-state index is -1.69. The van der Waals surface area contributed by atoms with Crippen molar-refractivity contribution in [3.05, 3.63) is 74.9 Å². The Morgan fingerprint density at radius 1 is 1.26 bits per heavy atom. The first kappa shape index (κ1) is 25.6.